The van der Waals surface area contributed by atoms with Crippen molar-refractivity contribution in [2.24, 2.45) is 0 Å². The first-order chi connectivity index (χ1) is 18.7. The minimum absolute atomic E-state index is 1.11. The highest BCUT2D eigenvalue weighted by molar-refractivity contribution is 7.25. The lowest BCUT2D eigenvalue weighted by atomic mass is 10.0. The molecule has 1 N–H and O–H groups in total. The van der Waals surface area contributed by atoms with Crippen LogP contribution in [0.3, 0.4) is 0 Å². The minimum atomic E-state index is 1.11. The van der Waals surface area contributed by atoms with Gasteiger partial charge in [0.25, 0.3) is 0 Å². The Kier molecular flexibility index (Phi) is 9.50. The Hall–Kier alpha value is -4.14. The largest absolute Gasteiger partial charge is 0.355 e. The molecule has 0 saturated carbocycles. The standard InChI is InChI=1S/C28H19NS.C6H10.C2H6/c1-2-6-19(7-3-1)20-10-11-22-17-23(13-12-21(22)16-20)29-24-14-15-28-26(18-24)25-8-4-5-9-27(25)30-28;1-3-5-6-4-2;1-2/h1-18,29H;3-6H,1-2H3;1-2H3/b;5-3-,6-4-;. The van der Waals surface area contributed by atoms with Crippen molar-refractivity contribution < 1.29 is 0 Å². The first-order valence-corrected chi connectivity index (χ1v) is 14.1. The number of hydrogen-bond acceptors (Lipinski definition) is 2. The summed E-state index contributed by atoms with van der Waals surface area (Å²) >= 11 is 1.85. The van der Waals surface area contributed by atoms with Gasteiger partial charge in [-0.05, 0) is 78.2 Å². The zero-order valence-electron chi connectivity index (χ0n) is 22.6. The molecule has 0 aliphatic carbocycles. The summed E-state index contributed by atoms with van der Waals surface area (Å²) in [5.74, 6) is 0. The third kappa shape index (κ3) is 6.40. The lowest BCUT2D eigenvalue weighted by Gasteiger charge is -2.09. The Morgan fingerprint density at radius 1 is 0.526 bits per heavy atom. The summed E-state index contributed by atoms with van der Waals surface area (Å²) in [4.78, 5) is 0. The summed E-state index contributed by atoms with van der Waals surface area (Å²) in [6.07, 6.45) is 8.00. The van der Waals surface area contributed by atoms with Gasteiger partial charge < -0.3 is 5.32 Å². The fourth-order valence-corrected chi connectivity index (χ4v) is 5.41. The molecule has 0 radical (unpaired) electrons. The zero-order valence-corrected chi connectivity index (χ0v) is 23.4. The first kappa shape index (κ1) is 26.9. The highest BCUT2D eigenvalue weighted by Crippen LogP contribution is 2.36. The summed E-state index contributed by atoms with van der Waals surface area (Å²) in [6.45, 7) is 8.00. The Morgan fingerprint density at radius 3 is 1.89 bits per heavy atom. The summed E-state index contributed by atoms with van der Waals surface area (Å²) in [5, 5.41) is 8.72. The quantitative estimate of drug-likeness (QED) is 0.231. The summed E-state index contributed by atoms with van der Waals surface area (Å²) < 4.78 is 2.67. The highest BCUT2D eigenvalue weighted by Gasteiger charge is 2.06. The van der Waals surface area contributed by atoms with Gasteiger partial charge in [0.05, 0.1) is 0 Å². The molecule has 1 nitrogen and oxygen atoms in total. The number of allylic oxidation sites excluding steroid dienone is 4. The number of thiophene rings is 1. The van der Waals surface area contributed by atoms with Gasteiger partial charge in [0.15, 0.2) is 0 Å². The van der Waals surface area contributed by atoms with E-state index in [0.29, 0.717) is 0 Å². The molecule has 2 heteroatoms. The van der Waals surface area contributed by atoms with Crippen LogP contribution in [0.1, 0.15) is 27.7 Å². The van der Waals surface area contributed by atoms with Crippen LogP contribution in [0, 0.1) is 0 Å². The maximum Gasteiger partial charge on any atom is 0.0391 e. The molecule has 0 fully saturated rings. The Morgan fingerprint density at radius 2 is 1.13 bits per heavy atom. The van der Waals surface area contributed by atoms with E-state index in [9.17, 15) is 0 Å². The van der Waals surface area contributed by atoms with Crippen LogP contribution in [0.15, 0.2) is 133 Å². The molecule has 0 unspecified atom stereocenters. The maximum absolute atomic E-state index is 3.59. The third-order valence-corrected chi connectivity index (χ3v) is 7.26. The van der Waals surface area contributed by atoms with E-state index in [-0.39, 0.29) is 0 Å². The van der Waals surface area contributed by atoms with E-state index < -0.39 is 0 Å². The number of benzene rings is 5. The Labute approximate surface area is 230 Å². The molecule has 0 atom stereocenters. The van der Waals surface area contributed by atoms with Crippen LogP contribution >= 0.6 is 11.3 Å². The second-order valence-corrected chi connectivity index (χ2v) is 9.71. The van der Waals surface area contributed by atoms with Crippen LogP contribution in [0.4, 0.5) is 11.4 Å². The van der Waals surface area contributed by atoms with Crippen molar-refractivity contribution in [2.45, 2.75) is 27.7 Å². The molecule has 0 amide bonds. The third-order valence-electron chi connectivity index (χ3n) is 6.11. The monoisotopic (exact) mass is 513 g/mol. The van der Waals surface area contributed by atoms with Crippen LogP contribution in [0.25, 0.3) is 42.1 Å². The molecule has 6 rings (SSSR count). The molecule has 1 heterocycles. The van der Waals surface area contributed by atoms with Crippen LogP contribution < -0.4 is 5.32 Å². The van der Waals surface area contributed by atoms with Crippen molar-refractivity contribution in [1.82, 2.24) is 0 Å². The molecule has 38 heavy (non-hydrogen) atoms. The van der Waals surface area contributed by atoms with Gasteiger partial charge in [-0.15, -0.1) is 11.3 Å². The highest BCUT2D eigenvalue weighted by atomic mass is 32.1. The summed E-state index contributed by atoms with van der Waals surface area (Å²) in [5.41, 5.74) is 4.72. The second kappa shape index (κ2) is 13.4. The van der Waals surface area contributed by atoms with Gasteiger partial charge in [0, 0.05) is 31.5 Å². The Bertz CT molecular complexity index is 1660. The van der Waals surface area contributed by atoms with Crippen LogP contribution in [-0.4, -0.2) is 0 Å². The molecule has 0 aliphatic rings. The van der Waals surface area contributed by atoms with E-state index in [0.717, 1.165) is 11.4 Å². The smallest absolute Gasteiger partial charge is 0.0391 e. The van der Waals surface area contributed by atoms with E-state index in [1.54, 1.807) is 0 Å². The van der Waals surface area contributed by atoms with Crippen molar-refractivity contribution in [3.05, 3.63) is 133 Å². The maximum atomic E-state index is 3.59. The van der Waals surface area contributed by atoms with Gasteiger partial charge in [-0.2, -0.15) is 0 Å². The van der Waals surface area contributed by atoms with Gasteiger partial charge in [0.2, 0.25) is 0 Å². The zero-order chi connectivity index (χ0) is 26.7. The predicted octanol–water partition coefficient (Wildman–Crippen LogP) is 11.8. The number of anilines is 2. The Balaban J connectivity index is 0.000000374. The lowest BCUT2D eigenvalue weighted by Crippen LogP contribution is -1.90. The van der Waals surface area contributed by atoms with E-state index in [1.165, 1.54) is 42.1 Å². The molecule has 190 valence electrons. The first-order valence-electron chi connectivity index (χ1n) is 13.3. The fourth-order valence-electron chi connectivity index (χ4n) is 4.33. The van der Waals surface area contributed by atoms with Crippen LogP contribution in [0.2, 0.25) is 0 Å². The molecular weight excluding hydrogens is 478 g/mol. The molecule has 0 spiro atoms. The second-order valence-electron chi connectivity index (χ2n) is 8.63. The van der Waals surface area contributed by atoms with Gasteiger partial charge in [-0.1, -0.05) is 105 Å². The molecule has 0 aliphatic heterocycles. The number of nitrogens with one attached hydrogen (secondary N) is 1. The van der Waals surface area contributed by atoms with Gasteiger partial charge >= 0.3 is 0 Å². The van der Waals surface area contributed by atoms with E-state index in [1.807, 2.05) is 63.3 Å². The van der Waals surface area contributed by atoms with Crippen molar-refractivity contribution in [2.75, 3.05) is 5.32 Å². The molecule has 0 saturated heterocycles. The van der Waals surface area contributed by atoms with Crippen molar-refractivity contribution in [1.29, 1.82) is 0 Å². The van der Waals surface area contributed by atoms with Crippen molar-refractivity contribution >= 4 is 53.7 Å². The minimum Gasteiger partial charge on any atom is -0.355 e. The normalized spacial score (nSPS) is 10.9. The van der Waals surface area contributed by atoms with Crippen LogP contribution in [0.5, 0.6) is 0 Å². The average Bonchev–Trinajstić information content (AvgIpc) is 3.36. The molecular formula is C36H35NS. The molecule has 6 aromatic rings. The van der Waals surface area contributed by atoms with Gasteiger partial charge in [0.1, 0.15) is 0 Å². The SMILES string of the molecule is C/C=C\C=C/C.CC.c1ccc(-c2ccc3cc(Nc4ccc5sc6ccccc6c5c4)ccc3c2)cc1. The van der Waals surface area contributed by atoms with E-state index in [4.69, 9.17) is 0 Å². The summed E-state index contributed by atoms with van der Waals surface area (Å²) in [6, 6.07) is 39.0. The van der Waals surface area contributed by atoms with Crippen LogP contribution in [-0.2, 0) is 0 Å². The van der Waals surface area contributed by atoms with Gasteiger partial charge in [-0.25, -0.2) is 0 Å². The lowest BCUT2D eigenvalue weighted by molar-refractivity contribution is 1.50. The number of fused-ring (bicyclic) bond motifs is 4. The number of hydrogen-bond donors (Lipinski definition) is 1. The van der Waals surface area contributed by atoms with E-state index in [2.05, 4.69) is 115 Å². The summed E-state index contributed by atoms with van der Waals surface area (Å²) in [7, 11) is 0. The van der Waals surface area contributed by atoms with Crippen molar-refractivity contribution in [3.63, 3.8) is 0 Å². The predicted molar refractivity (Wildman–Crippen MR) is 173 cm³/mol. The average molecular weight is 514 g/mol. The fraction of sp³-hybridized carbons (Fsp3) is 0.111. The molecule has 5 aromatic carbocycles. The van der Waals surface area contributed by atoms with Gasteiger partial charge in [-0.3, -0.25) is 0 Å². The topological polar surface area (TPSA) is 12.0 Å². The number of rotatable bonds is 4. The molecule has 0 bridgehead atoms. The molecule has 1 aromatic heterocycles. The van der Waals surface area contributed by atoms with E-state index >= 15 is 0 Å². The van der Waals surface area contributed by atoms with Crippen molar-refractivity contribution in [3.8, 4) is 11.1 Å².